The molecule has 0 heterocycles. The zero-order chi connectivity index (χ0) is 10.6. The van der Waals surface area contributed by atoms with Crippen molar-refractivity contribution in [3.63, 3.8) is 0 Å². The van der Waals surface area contributed by atoms with Crippen LogP contribution < -0.4 is 9.84 Å². The highest BCUT2D eigenvalue weighted by Gasteiger charge is 2.08. The summed E-state index contributed by atoms with van der Waals surface area (Å²) in [7, 11) is -3.21. The van der Waals surface area contributed by atoms with Crippen molar-refractivity contribution in [3.05, 3.63) is 30.3 Å². The van der Waals surface area contributed by atoms with Gasteiger partial charge in [-0.25, -0.2) is 8.42 Å². The van der Waals surface area contributed by atoms with Crippen molar-refractivity contribution in [1.82, 2.24) is 4.83 Å². The van der Waals surface area contributed by atoms with E-state index in [1.54, 1.807) is 5.01 Å². The number of benzene rings is 1. The number of anilines is 1. The third kappa shape index (κ3) is 3.35. The van der Waals surface area contributed by atoms with Gasteiger partial charge in [-0.2, -0.15) is 0 Å². The summed E-state index contributed by atoms with van der Waals surface area (Å²) in [6.07, 6.45) is 1.14. The first-order chi connectivity index (χ1) is 6.53. The van der Waals surface area contributed by atoms with Gasteiger partial charge in [0, 0.05) is 6.54 Å². The van der Waals surface area contributed by atoms with Gasteiger partial charge >= 0.3 is 0 Å². The number of para-hydroxylation sites is 1. The van der Waals surface area contributed by atoms with Crippen LogP contribution in [0.5, 0.6) is 0 Å². The topological polar surface area (TPSA) is 49.4 Å². The van der Waals surface area contributed by atoms with Crippen LogP contribution in [0.1, 0.15) is 6.92 Å². The average molecular weight is 214 g/mol. The molecule has 0 fully saturated rings. The van der Waals surface area contributed by atoms with Crippen molar-refractivity contribution in [3.8, 4) is 0 Å². The van der Waals surface area contributed by atoms with Crippen molar-refractivity contribution in [2.75, 3.05) is 17.8 Å². The molecular weight excluding hydrogens is 200 g/mol. The van der Waals surface area contributed by atoms with Gasteiger partial charge in [0.15, 0.2) is 0 Å². The molecule has 0 aliphatic carbocycles. The molecular formula is C9H14N2O2S. The quantitative estimate of drug-likeness (QED) is 0.760. The van der Waals surface area contributed by atoms with Gasteiger partial charge in [0.1, 0.15) is 0 Å². The standard InChI is InChI=1S/C9H14N2O2S/c1-3-11(10-14(2,12)13)9-7-5-4-6-8-9/h4-8,10H,3H2,1-2H3. The summed E-state index contributed by atoms with van der Waals surface area (Å²) in [6, 6.07) is 9.31. The smallest absolute Gasteiger partial charge is 0.225 e. The first-order valence-corrected chi connectivity index (χ1v) is 6.22. The Balaban J connectivity index is 2.84. The molecule has 1 N–H and O–H groups in total. The minimum atomic E-state index is -3.21. The Hall–Kier alpha value is -1.07. The van der Waals surface area contributed by atoms with Crippen LogP contribution in [0.3, 0.4) is 0 Å². The van der Waals surface area contributed by atoms with Crippen LogP contribution in [-0.4, -0.2) is 21.2 Å². The number of hydrogen-bond acceptors (Lipinski definition) is 3. The lowest BCUT2D eigenvalue weighted by molar-refractivity contribution is 0.583. The maximum atomic E-state index is 11.0. The van der Waals surface area contributed by atoms with Gasteiger partial charge in [-0.3, -0.25) is 5.01 Å². The molecule has 0 aliphatic heterocycles. The van der Waals surface area contributed by atoms with E-state index < -0.39 is 10.0 Å². The minimum Gasteiger partial charge on any atom is -0.295 e. The fourth-order valence-electron chi connectivity index (χ4n) is 1.11. The minimum absolute atomic E-state index is 0.580. The maximum absolute atomic E-state index is 11.0. The third-order valence-corrected chi connectivity index (χ3v) is 2.21. The zero-order valence-electron chi connectivity index (χ0n) is 8.27. The Bertz CT molecular complexity index is 375. The molecule has 0 aliphatic rings. The summed E-state index contributed by atoms with van der Waals surface area (Å²) in [5.74, 6) is 0. The summed E-state index contributed by atoms with van der Waals surface area (Å²) in [6.45, 7) is 2.46. The molecule has 0 atom stereocenters. The molecule has 0 spiro atoms. The Kier molecular flexibility index (Phi) is 3.49. The van der Waals surface area contributed by atoms with Crippen molar-refractivity contribution >= 4 is 15.7 Å². The third-order valence-electron chi connectivity index (χ3n) is 1.66. The van der Waals surface area contributed by atoms with Crippen LogP contribution >= 0.6 is 0 Å². The van der Waals surface area contributed by atoms with Crippen LogP contribution in [0.15, 0.2) is 30.3 Å². The van der Waals surface area contributed by atoms with Gasteiger partial charge < -0.3 is 0 Å². The molecule has 0 saturated heterocycles. The lowest BCUT2D eigenvalue weighted by Gasteiger charge is -2.22. The molecule has 0 bridgehead atoms. The summed E-state index contributed by atoms with van der Waals surface area (Å²) >= 11 is 0. The Labute approximate surface area is 84.6 Å². The van der Waals surface area contributed by atoms with Crippen molar-refractivity contribution < 1.29 is 8.42 Å². The van der Waals surface area contributed by atoms with E-state index in [2.05, 4.69) is 4.83 Å². The number of hydrogen-bond donors (Lipinski definition) is 1. The summed E-state index contributed by atoms with van der Waals surface area (Å²) < 4.78 is 22.0. The molecule has 0 aromatic heterocycles. The van der Waals surface area contributed by atoms with E-state index in [4.69, 9.17) is 0 Å². The number of hydrazine groups is 1. The molecule has 78 valence electrons. The highest BCUT2D eigenvalue weighted by Crippen LogP contribution is 2.10. The second-order valence-corrected chi connectivity index (χ2v) is 4.67. The highest BCUT2D eigenvalue weighted by molar-refractivity contribution is 7.88. The van der Waals surface area contributed by atoms with Crippen LogP contribution in [0, 0.1) is 0 Å². The molecule has 5 heteroatoms. The van der Waals surface area contributed by atoms with E-state index in [0.29, 0.717) is 6.54 Å². The fraction of sp³-hybridized carbons (Fsp3) is 0.333. The molecule has 14 heavy (non-hydrogen) atoms. The van der Waals surface area contributed by atoms with Crippen molar-refractivity contribution in [2.45, 2.75) is 6.92 Å². The van der Waals surface area contributed by atoms with Crippen LogP contribution in [0.4, 0.5) is 5.69 Å². The maximum Gasteiger partial charge on any atom is 0.225 e. The molecule has 1 aromatic carbocycles. The zero-order valence-corrected chi connectivity index (χ0v) is 9.08. The van der Waals surface area contributed by atoms with E-state index in [1.807, 2.05) is 37.3 Å². The monoisotopic (exact) mass is 214 g/mol. The van der Waals surface area contributed by atoms with Crippen molar-refractivity contribution in [1.29, 1.82) is 0 Å². The average Bonchev–Trinajstić information content (AvgIpc) is 2.14. The van der Waals surface area contributed by atoms with E-state index in [1.165, 1.54) is 0 Å². The predicted octanol–water partition coefficient (Wildman–Crippen LogP) is 0.977. The number of rotatable bonds is 4. The number of nitrogens with zero attached hydrogens (tertiary/aromatic N) is 1. The molecule has 0 saturated carbocycles. The highest BCUT2D eigenvalue weighted by atomic mass is 32.2. The van der Waals surface area contributed by atoms with Gasteiger partial charge in [0.2, 0.25) is 10.0 Å². The Morgan fingerprint density at radius 3 is 2.29 bits per heavy atom. The van der Waals surface area contributed by atoms with E-state index in [0.717, 1.165) is 11.9 Å². The summed E-state index contributed by atoms with van der Waals surface area (Å²) in [4.78, 5) is 2.43. The molecule has 4 nitrogen and oxygen atoms in total. The summed E-state index contributed by atoms with van der Waals surface area (Å²) in [5, 5.41) is 1.58. The lowest BCUT2D eigenvalue weighted by atomic mass is 10.3. The molecule has 1 rings (SSSR count). The molecule has 1 aromatic rings. The second kappa shape index (κ2) is 4.43. The van der Waals surface area contributed by atoms with Crippen LogP contribution in [-0.2, 0) is 10.0 Å². The van der Waals surface area contributed by atoms with Gasteiger partial charge in [-0.05, 0) is 19.1 Å². The Morgan fingerprint density at radius 2 is 1.86 bits per heavy atom. The first kappa shape index (κ1) is 11.0. The van der Waals surface area contributed by atoms with E-state index in [-0.39, 0.29) is 0 Å². The van der Waals surface area contributed by atoms with Gasteiger partial charge in [-0.15, -0.1) is 4.83 Å². The second-order valence-electron chi connectivity index (χ2n) is 2.94. The van der Waals surface area contributed by atoms with Crippen LogP contribution in [0.2, 0.25) is 0 Å². The first-order valence-electron chi connectivity index (χ1n) is 4.33. The Morgan fingerprint density at radius 1 is 1.29 bits per heavy atom. The van der Waals surface area contributed by atoms with Gasteiger partial charge in [-0.1, -0.05) is 18.2 Å². The molecule has 0 radical (unpaired) electrons. The molecule has 0 unspecified atom stereocenters. The predicted molar refractivity (Wildman–Crippen MR) is 57.4 cm³/mol. The van der Waals surface area contributed by atoms with Gasteiger partial charge in [0.05, 0.1) is 11.9 Å². The number of nitrogens with one attached hydrogen (secondary N) is 1. The summed E-state index contributed by atoms with van der Waals surface area (Å²) in [5.41, 5.74) is 0.834. The number of sulfonamides is 1. The largest absolute Gasteiger partial charge is 0.295 e. The van der Waals surface area contributed by atoms with Crippen molar-refractivity contribution in [2.24, 2.45) is 0 Å². The van der Waals surface area contributed by atoms with Gasteiger partial charge in [0.25, 0.3) is 0 Å². The SMILES string of the molecule is CCN(NS(C)(=O)=O)c1ccccc1. The lowest BCUT2D eigenvalue weighted by Crippen LogP contribution is -2.41. The molecule has 0 amide bonds. The normalized spacial score (nSPS) is 11.3. The van der Waals surface area contributed by atoms with E-state index >= 15 is 0 Å². The van der Waals surface area contributed by atoms with Crippen LogP contribution in [0.25, 0.3) is 0 Å². The fourth-order valence-corrected chi connectivity index (χ4v) is 1.74. The van der Waals surface area contributed by atoms with E-state index in [9.17, 15) is 8.42 Å².